The molecule has 4 heteroatoms. The molecule has 0 aromatic heterocycles. The highest BCUT2D eigenvalue weighted by molar-refractivity contribution is 5.85. The Morgan fingerprint density at radius 3 is 2.24 bits per heavy atom. The molecule has 3 nitrogen and oxygen atoms in total. The van der Waals surface area contributed by atoms with Gasteiger partial charge in [0.2, 0.25) is 0 Å². The number of rotatable bonds is 7. The number of anilines is 1. The van der Waals surface area contributed by atoms with E-state index in [1.807, 2.05) is 0 Å². The summed E-state index contributed by atoms with van der Waals surface area (Å²) in [7, 11) is 0. The number of nitrogens with zero attached hydrogens (tertiary/aromatic N) is 1. The maximum absolute atomic E-state index is 14.3. The molecule has 1 N–H and O–H groups in total. The average Bonchev–Trinajstić information content (AvgIpc) is 2.34. The Hall–Kier alpha value is -1.84. The van der Waals surface area contributed by atoms with Crippen molar-refractivity contribution >= 4 is 17.7 Å². The molecule has 0 saturated carbocycles. The summed E-state index contributed by atoms with van der Waals surface area (Å²) in [6, 6.07) is 4.84. The zero-order valence-corrected chi connectivity index (χ0v) is 13.1. The second-order valence-corrected chi connectivity index (χ2v) is 6.08. The third-order valence-corrected chi connectivity index (χ3v) is 2.90. The molecule has 0 spiro atoms. The lowest BCUT2D eigenvalue weighted by atomic mass is 10.1. The highest BCUT2D eigenvalue weighted by atomic mass is 19.1. The van der Waals surface area contributed by atoms with Crippen molar-refractivity contribution in [3.05, 3.63) is 35.7 Å². The maximum Gasteiger partial charge on any atom is 0.328 e. The van der Waals surface area contributed by atoms with Crippen LogP contribution in [0.5, 0.6) is 0 Å². The summed E-state index contributed by atoms with van der Waals surface area (Å²) in [5.74, 6) is -0.478. The molecule has 1 aromatic carbocycles. The van der Waals surface area contributed by atoms with Crippen LogP contribution in [0, 0.1) is 17.7 Å². The second kappa shape index (κ2) is 7.81. The van der Waals surface area contributed by atoms with Crippen molar-refractivity contribution in [1.82, 2.24) is 0 Å². The zero-order chi connectivity index (χ0) is 16.0. The molecule has 0 radical (unpaired) electrons. The number of hydrogen-bond acceptors (Lipinski definition) is 2. The van der Waals surface area contributed by atoms with Gasteiger partial charge in [0, 0.05) is 19.2 Å². The van der Waals surface area contributed by atoms with Gasteiger partial charge in [-0.2, -0.15) is 0 Å². The lowest BCUT2D eigenvalue weighted by Gasteiger charge is -2.29. The Morgan fingerprint density at radius 1 is 1.24 bits per heavy atom. The van der Waals surface area contributed by atoms with Crippen molar-refractivity contribution in [2.75, 3.05) is 18.0 Å². The van der Waals surface area contributed by atoms with Crippen molar-refractivity contribution in [2.24, 2.45) is 11.8 Å². The molecule has 1 aromatic rings. The largest absolute Gasteiger partial charge is 0.478 e. The van der Waals surface area contributed by atoms with Crippen LogP contribution in [-0.4, -0.2) is 24.2 Å². The van der Waals surface area contributed by atoms with Crippen molar-refractivity contribution in [1.29, 1.82) is 0 Å². The predicted molar refractivity (Wildman–Crippen MR) is 85.0 cm³/mol. The first-order chi connectivity index (χ1) is 9.79. The molecule has 0 atom stereocenters. The second-order valence-electron chi connectivity index (χ2n) is 6.08. The number of benzene rings is 1. The molecule has 0 unspecified atom stereocenters. The SMILES string of the molecule is CC(C)CN(CC(C)C)c1ccc(C=CC(=O)O)cc1F. The monoisotopic (exact) mass is 293 g/mol. The van der Waals surface area contributed by atoms with Gasteiger partial charge in [-0.1, -0.05) is 33.8 Å². The third kappa shape index (κ3) is 5.98. The first-order valence-corrected chi connectivity index (χ1v) is 7.25. The fourth-order valence-electron chi connectivity index (χ4n) is 2.20. The lowest BCUT2D eigenvalue weighted by molar-refractivity contribution is -0.131. The van der Waals surface area contributed by atoms with Gasteiger partial charge in [0.1, 0.15) is 5.82 Å². The van der Waals surface area contributed by atoms with E-state index < -0.39 is 5.97 Å². The normalized spacial score (nSPS) is 11.6. The molecule has 116 valence electrons. The summed E-state index contributed by atoms with van der Waals surface area (Å²) in [5.41, 5.74) is 1.12. The van der Waals surface area contributed by atoms with E-state index in [2.05, 4.69) is 32.6 Å². The van der Waals surface area contributed by atoms with Crippen LogP contribution in [0.4, 0.5) is 10.1 Å². The Morgan fingerprint density at radius 2 is 1.81 bits per heavy atom. The van der Waals surface area contributed by atoms with Crippen LogP contribution >= 0.6 is 0 Å². The fraction of sp³-hybridized carbons (Fsp3) is 0.471. The molecule has 0 amide bonds. The summed E-state index contributed by atoms with van der Waals surface area (Å²) >= 11 is 0. The van der Waals surface area contributed by atoms with Crippen LogP contribution in [0.2, 0.25) is 0 Å². The van der Waals surface area contributed by atoms with Gasteiger partial charge in [-0.15, -0.1) is 0 Å². The molecule has 21 heavy (non-hydrogen) atoms. The van der Waals surface area contributed by atoms with E-state index in [1.54, 1.807) is 12.1 Å². The van der Waals surface area contributed by atoms with Gasteiger partial charge < -0.3 is 10.0 Å². The molecule has 0 fully saturated rings. The molecule has 0 heterocycles. The Kier molecular flexibility index (Phi) is 6.40. The number of carbonyl (C=O) groups is 1. The summed E-state index contributed by atoms with van der Waals surface area (Å²) < 4.78 is 14.3. The van der Waals surface area contributed by atoms with Crippen molar-refractivity contribution in [2.45, 2.75) is 27.7 Å². The van der Waals surface area contributed by atoms with E-state index in [0.29, 0.717) is 23.1 Å². The minimum Gasteiger partial charge on any atom is -0.478 e. The minimum atomic E-state index is -1.04. The van der Waals surface area contributed by atoms with Crippen molar-refractivity contribution in [3.8, 4) is 0 Å². The van der Waals surface area contributed by atoms with Crippen LogP contribution in [0.15, 0.2) is 24.3 Å². The summed E-state index contributed by atoms with van der Waals surface area (Å²) in [6.45, 7) is 10.0. The van der Waals surface area contributed by atoms with E-state index in [0.717, 1.165) is 19.2 Å². The molecule has 0 saturated heterocycles. The molecule has 0 bridgehead atoms. The van der Waals surface area contributed by atoms with Gasteiger partial charge in [0.05, 0.1) is 5.69 Å². The number of hydrogen-bond donors (Lipinski definition) is 1. The molecular weight excluding hydrogens is 269 g/mol. The van der Waals surface area contributed by atoms with Gasteiger partial charge >= 0.3 is 5.97 Å². The van der Waals surface area contributed by atoms with Gasteiger partial charge in [-0.3, -0.25) is 0 Å². The molecule has 0 aliphatic rings. The van der Waals surface area contributed by atoms with E-state index in [-0.39, 0.29) is 5.82 Å². The molecular formula is C17H24FNO2. The van der Waals surface area contributed by atoms with E-state index >= 15 is 0 Å². The Labute approximate surface area is 126 Å². The van der Waals surface area contributed by atoms with Crippen LogP contribution < -0.4 is 4.90 Å². The van der Waals surface area contributed by atoms with Gasteiger partial charge in [-0.05, 0) is 35.6 Å². The summed E-state index contributed by atoms with van der Waals surface area (Å²) in [6.07, 6.45) is 2.40. The Balaban J connectivity index is 3.01. The zero-order valence-electron chi connectivity index (χ0n) is 13.1. The predicted octanol–water partition coefficient (Wildman–Crippen LogP) is 4.04. The standard InChI is InChI=1S/C17H24FNO2/c1-12(2)10-19(11-13(3)4)16-7-5-14(9-15(16)18)6-8-17(20)21/h5-9,12-13H,10-11H2,1-4H3,(H,20,21). The van der Waals surface area contributed by atoms with Crippen LogP contribution in [-0.2, 0) is 4.79 Å². The first kappa shape index (κ1) is 17.2. The van der Waals surface area contributed by atoms with Crippen LogP contribution in [0.1, 0.15) is 33.3 Å². The highest BCUT2D eigenvalue weighted by Crippen LogP contribution is 2.23. The fourth-order valence-corrected chi connectivity index (χ4v) is 2.20. The molecule has 0 aliphatic carbocycles. The average molecular weight is 293 g/mol. The maximum atomic E-state index is 14.3. The number of halogens is 1. The topological polar surface area (TPSA) is 40.5 Å². The molecule has 0 aliphatic heterocycles. The van der Waals surface area contributed by atoms with E-state index in [4.69, 9.17) is 5.11 Å². The lowest BCUT2D eigenvalue weighted by Crippen LogP contribution is -2.32. The van der Waals surface area contributed by atoms with Crippen molar-refractivity contribution in [3.63, 3.8) is 0 Å². The number of carboxylic acid groups (broad SMARTS) is 1. The highest BCUT2D eigenvalue weighted by Gasteiger charge is 2.14. The third-order valence-electron chi connectivity index (χ3n) is 2.90. The van der Waals surface area contributed by atoms with Crippen molar-refractivity contribution < 1.29 is 14.3 Å². The summed E-state index contributed by atoms with van der Waals surface area (Å²) in [4.78, 5) is 12.5. The van der Waals surface area contributed by atoms with E-state index in [9.17, 15) is 9.18 Å². The Bertz CT molecular complexity index is 500. The van der Waals surface area contributed by atoms with Gasteiger partial charge in [0.15, 0.2) is 0 Å². The smallest absolute Gasteiger partial charge is 0.328 e. The first-order valence-electron chi connectivity index (χ1n) is 7.25. The number of carboxylic acids is 1. The minimum absolute atomic E-state index is 0.316. The van der Waals surface area contributed by atoms with Crippen LogP contribution in [0.3, 0.4) is 0 Å². The quantitative estimate of drug-likeness (QED) is 0.771. The summed E-state index contributed by atoms with van der Waals surface area (Å²) in [5, 5.41) is 8.60. The van der Waals surface area contributed by atoms with Gasteiger partial charge in [-0.25, -0.2) is 9.18 Å². The van der Waals surface area contributed by atoms with Crippen LogP contribution in [0.25, 0.3) is 6.08 Å². The van der Waals surface area contributed by atoms with Gasteiger partial charge in [0.25, 0.3) is 0 Å². The van der Waals surface area contributed by atoms with E-state index in [1.165, 1.54) is 12.1 Å². The molecule has 1 rings (SSSR count). The number of aliphatic carboxylic acids is 1.